The molecule has 112 valence electrons. The second-order valence-corrected chi connectivity index (χ2v) is 6.57. The molecular weight excluding hydrogens is 280 g/mol. The average Bonchev–Trinajstić information content (AvgIpc) is 2.96. The van der Waals surface area contributed by atoms with E-state index in [1.807, 2.05) is 12.4 Å². The number of piperidine rings is 1. The maximum Gasteiger partial charge on any atom is 0.110 e. The highest BCUT2D eigenvalue weighted by Gasteiger charge is 2.21. The molecule has 1 fully saturated rings. The number of anilines is 1. The summed E-state index contributed by atoms with van der Waals surface area (Å²) in [7, 11) is 0. The molecule has 1 atom stereocenters. The van der Waals surface area contributed by atoms with E-state index in [2.05, 4.69) is 51.5 Å². The third-order valence-electron chi connectivity index (χ3n) is 4.02. The van der Waals surface area contributed by atoms with Gasteiger partial charge in [0.05, 0.1) is 6.04 Å². The molecule has 0 radical (unpaired) electrons. The number of rotatable bonds is 4. The number of hydrogen-bond donors (Lipinski definition) is 1. The number of thiazole rings is 1. The van der Waals surface area contributed by atoms with Crippen molar-refractivity contribution in [2.24, 2.45) is 0 Å². The lowest BCUT2D eigenvalue weighted by Crippen LogP contribution is -2.43. The molecule has 2 aromatic rings. The highest BCUT2D eigenvalue weighted by molar-refractivity contribution is 7.09. The van der Waals surface area contributed by atoms with E-state index < -0.39 is 0 Å². The van der Waals surface area contributed by atoms with Crippen molar-refractivity contribution < 1.29 is 0 Å². The first-order valence-electron chi connectivity index (χ1n) is 7.55. The number of pyridine rings is 1. The van der Waals surface area contributed by atoms with E-state index in [9.17, 15) is 0 Å². The number of nitrogens with one attached hydrogen (secondary N) is 1. The summed E-state index contributed by atoms with van der Waals surface area (Å²) in [5.41, 5.74) is 2.41. The van der Waals surface area contributed by atoms with Crippen LogP contribution in [0, 0.1) is 6.92 Å². The molecule has 0 aliphatic carbocycles. The first kappa shape index (κ1) is 14.5. The molecule has 1 saturated heterocycles. The van der Waals surface area contributed by atoms with Gasteiger partial charge in [-0.25, -0.2) is 4.98 Å². The minimum Gasteiger partial charge on any atom is -0.371 e. The van der Waals surface area contributed by atoms with Gasteiger partial charge in [-0.3, -0.25) is 4.98 Å². The molecule has 1 aliphatic rings. The summed E-state index contributed by atoms with van der Waals surface area (Å²) in [5.74, 6) is 0. The van der Waals surface area contributed by atoms with Gasteiger partial charge in [-0.1, -0.05) is 0 Å². The zero-order chi connectivity index (χ0) is 14.7. The third-order valence-corrected chi connectivity index (χ3v) is 5.16. The Hall–Kier alpha value is -1.46. The normalized spacial score (nSPS) is 17.9. The predicted octanol–water partition coefficient (Wildman–Crippen LogP) is 3.17. The first-order valence-corrected chi connectivity index (χ1v) is 8.43. The van der Waals surface area contributed by atoms with E-state index >= 15 is 0 Å². The van der Waals surface area contributed by atoms with Crippen molar-refractivity contribution in [3.63, 3.8) is 0 Å². The van der Waals surface area contributed by atoms with Gasteiger partial charge in [0.15, 0.2) is 0 Å². The Balaban J connectivity index is 1.52. The second kappa shape index (κ2) is 6.54. The molecule has 2 aromatic heterocycles. The van der Waals surface area contributed by atoms with Gasteiger partial charge in [-0.2, -0.15) is 0 Å². The minimum atomic E-state index is 0.348. The van der Waals surface area contributed by atoms with Crippen LogP contribution in [0.1, 0.15) is 36.5 Å². The Morgan fingerprint density at radius 2 is 2.00 bits per heavy atom. The van der Waals surface area contributed by atoms with Crippen molar-refractivity contribution in [2.75, 3.05) is 18.0 Å². The van der Waals surface area contributed by atoms with E-state index in [-0.39, 0.29) is 0 Å². The van der Waals surface area contributed by atoms with Crippen LogP contribution in [0.4, 0.5) is 5.69 Å². The van der Waals surface area contributed by atoms with Gasteiger partial charge in [-0.05, 0) is 38.8 Å². The maximum absolute atomic E-state index is 4.58. The van der Waals surface area contributed by atoms with E-state index in [1.165, 1.54) is 23.5 Å². The van der Waals surface area contributed by atoms with Gasteiger partial charge < -0.3 is 10.2 Å². The van der Waals surface area contributed by atoms with E-state index in [0.29, 0.717) is 12.1 Å². The lowest BCUT2D eigenvalue weighted by atomic mass is 10.0. The van der Waals surface area contributed by atoms with Crippen LogP contribution in [-0.2, 0) is 0 Å². The molecule has 5 heteroatoms. The van der Waals surface area contributed by atoms with Crippen LogP contribution in [0.2, 0.25) is 0 Å². The number of aromatic nitrogens is 2. The molecule has 0 spiro atoms. The summed E-state index contributed by atoms with van der Waals surface area (Å²) in [6.07, 6.45) is 6.09. The van der Waals surface area contributed by atoms with Crippen molar-refractivity contribution in [1.29, 1.82) is 0 Å². The van der Waals surface area contributed by atoms with Gasteiger partial charge in [-0.15, -0.1) is 11.3 Å². The van der Waals surface area contributed by atoms with Gasteiger partial charge in [0.2, 0.25) is 0 Å². The Morgan fingerprint density at radius 3 is 2.62 bits per heavy atom. The molecule has 21 heavy (non-hydrogen) atoms. The van der Waals surface area contributed by atoms with Gasteiger partial charge in [0.25, 0.3) is 0 Å². The van der Waals surface area contributed by atoms with E-state index in [0.717, 1.165) is 18.8 Å². The highest BCUT2D eigenvalue weighted by atomic mass is 32.1. The van der Waals surface area contributed by atoms with Crippen molar-refractivity contribution in [2.45, 2.75) is 38.8 Å². The quantitative estimate of drug-likeness (QED) is 0.942. The lowest BCUT2D eigenvalue weighted by molar-refractivity contribution is 0.380. The maximum atomic E-state index is 4.58. The average molecular weight is 302 g/mol. The first-order chi connectivity index (χ1) is 10.2. The Morgan fingerprint density at radius 1 is 1.29 bits per heavy atom. The second-order valence-electron chi connectivity index (χ2n) is 5.68. The molecule has 1 N–H and O–H groups in total. The fourth-order valence-corrected chi connectivity index (χ4v) is 3.67. The van der Waals surface area contributed by atoms with Crippen molar-refractivity contribution >= 4 is 17.0 Å². The number of hydrogen-bond acceptors (Lipinski definition) is 5. The summed E-state index contributed by atoms with van der Waals surface area (Å²) in [4.78, 5) is 11.1. The molecule has 0 aromatic carbocycles. The Labute approximate surface area is 130 Å². The standard InChI is InChI=1S/C16H22N4S/c1-12-11-21-16(18-12)13(2)19-14-5-9-20(10-6-14)15-3-7-17-8-4-15/h3-4,7-8,11,13-14,19H,5-6,9-10H2,1-2H3. The molecule has 4 nitrogen and oxygen atoms in total. The van der Waals surface area contributed by atoms with Crippen LogP contribution in [0.15, 0.2) is 29.9 Å². The molecule has 3 rings (SSSR count). The summed E-state index contributed by atoms with van der Waals surface area (Å²) in [5, 5.41) is 7.05. The van der Waals surface area contributed by atoms with Crippen LogP contribution in [-0.4, -0.2) is 29.1 Å². The zero-order valence-electron chi connectivity index (χ0n) is 12.6. The summed E-state index contributed by atoms with van der Waals surface area (Å²) >= 11 is 1.75. The Kier molecular flexibility index (Phi) is 4.51. The SMILES string of the molecule is Cc1csc(C(C)NC2CCN(c3ccncc3)CC2)n1. The molecule has 1 aliphatic heterocycles. The Bertz CT molecular complexity index is 561. The fourth-order valence-electron chi connectivity index (χ4n) is 2.86. The molecule has 0 amide bonds. The van der Waals surface area contributed by atoms with Gasteiger partial charge >= 0.3 is 0 Å². The van der Waals surface area contributed by atoms with Crippen molar-refractivity contribution in [3.8, 4) is 0 Å². The molecular formula is C16H22N4S. The topological polar surface area (TPSA) is 41.0 Å². The predicted molar refractivity (Wildman–Crippen MR) is 87.9 cm³/mol. The lowest BCUT2D eigenvalue weighted by Gasteiger charge is -2.35. The zero-order valence-corrected chi connectivity index (χ0v) is 13.4. The van der Waals surface area contributed by atoms with Gasteiger partial charge in [0, 0.05) is 48.3 Å². The smallest absolute Gasteiger partial charge is 0.110 e. The van der Waals surface area contributed by atoms with Crippen LogP contribution < -0.4 is 10.2 Å². The van der Waals surface area contributed by atoms with Crippen LogP contribution >= 0.6 is 11.3 Å². The monoisotopic (exact) mass is 302 g/mol. The molecule has 3 heterocycles. The van der Waals surface area contributed by atoms with E-state index in [4.69, 9.17) is 0 Å². The van der Waals surface area contributed by atoms with E-state index in [1.54, 1.807) is 11.3 Å². The van der Waals surface area contributed by atoms with Crippen LogP contribution in [0.3, 0.4) is 0 Å². The fraction of sp³-hybridized carbons (Fsp3) is 0.500. The van der Waals surface area contributed by atoms with Crippen LogP contribution in [0.25, 0.3) is 0 Å². The molecule has 0 saturated carbocycles. The molecule has 0 bridgehead atoms. The largest absolute Gasteiger partial charge is 0.371 e. The summed E-state index contributed by atoms with van der Waals surface area (Å²) < 4.78 is 0. The van der Waals surface area contributed by atoms with Crippen LogP contribution in [0.5, 0.6) is 0 Å². The number of aryl methyl sites for hydroxylation is 1. The van der Waals surface area contributed by atoms with Crippen molar-refractivity contribution in [3.05, 3.63) is 40.6 Å². The molecule has 1 unspecified atom stereocenters. The minimum absolute atomic E-state index is 0.348. The third kappa shape index (κ3) is 3.60. The summed E-state index contributed by atoms with van der Waals surface area (Å²) in [6, 6.07) is 5.12. The van der Waals surface area contributed by atoms with Gasteiger partial charge in [0.1, 0.15) is 5.01 Å². The van der Waals surface area contributed by atoms with Crippen molar-refractivity contribution in [1.82, 2.24) is 15.3 Å². The number of nitrogens with zero attached hydrogens (tertiary/aromatic N) is 3. The summed E-state index contributed by atoms with van der Waals surface area (Å²) in [6.45, 7) is 6.48. The highest BCUT2D eigenvalue weighted by Crippen LogP contribution is 2.22.